The Balaban J connectivity index is 1.54. The number of aromatic nitrogens is 7. The molecule has 0 aliphatic carbocycles. The van der Waals surface area contributed by atoms with E-state index in [0.29, 0.717) is 37.5 Å². The summed E-state index contributed by atoms with van der Waals surface area (Å²) in [6.45, 7) is 0.116. The summed E-state index contributed by atoms with van der Waals surface area (Å²) in [5, 5.41) is 19.9. The summed E-state index contributed by atoms with van der Waals surface area (Å²) in [7, 11) is 0. The van der Waals surface area contributed by atoms with Crippen LogP contribution in [-0.2, 0) is 6.54 Å². The monoisotopic (exact) mass is 478 g/mol. The lowest BCUT2D eigenvalue weighted by atomic mass is 10.0. The standard InChI is InChI=1S/C21H12F2N8O2S/c22-19(23)14-6-13(11-4-2-1-3-5-11)16-17-18(34-21(16)26-14)20-27-15(28-30(20)10-24-17)9-29-8-12(7-25-29)31(32)33/h1-8,10,19H,9H2. The molecule has 0 atom stereocenters. The van der Waals surface area contributed by atoms with E-state index in [-0.39, 0.29) is 17.9 Å². The molecule has 1 aromatic carbocycles. The van der Waals surface area contributed by atoms with Gasteiger partial charge in [-0.25, -0.2) is 28.2 Å². The van der Waals surface area contributed by atoms with Crippen molar-refractivity contribution in [3.63, 3.8) is 0 Å². The number of rotatable bonds is 5. The van der Waals surface area contributed by atoms with E-state index < -0.39 is 11.3 Å². The molecule has 5 heterocycles. The van der Waals surface area contributed by atoms with Crippen LogP contribution in [0.25, 0.3) is 37.2 Å². The highest BCUT2D eigenvalue weighted by atomic mass is 32.1. The van der Waals surface area contributed by atoms with Crippen LogP contribution < -0.4 is 0 Å². The molecule has 0 aliphatic rings. The van der Waals surface area contributed by atoms with E-state index in [0.717, 1.165) is 11.8 Å². The van der Waals surface area contributed by atoms with Gasteiger partial charge in [0.2, 0.25) is 0 Å². The Bertz CT molecular complexity index is 1710. The van der Waals surface area contributed by atoms with Gasteiger partial charge in [0.15, 0.2) is 11.5 Å². The van der Waals surface area contributed by atoms with Gasteiger partial charge in [0.05, 0.1) is 10.4 Å². The van der Waals surface area contributed by atoms with E-state index in [1.807, 2.05) is 30.3 Å². The molecule has 13 heteroatoms. The molecule has 0 amide bonds. The van der Waals surface area contributed by atoms with Crippen LogP contribution in [0.4, 0.5) is 14.5 Å². The summed E-state index contributed by atoms with van der Waals surface area (Å²) < 4.78 is 30.7. The molecule has 10 nitrogen and oxygen atoms in total. The fourth-order valence-electron chi connectivity index (χ4n) is 3.79. The zero-order chi connectivity index (χ0) is 23.4. The van der Waals surface area contributed by atoms with Gasteiger partial charge in [0.1, 0.15) is 40.5 Å². The van der Waals surface area contributed by atoms with Crippen LogP contribution in [0, 0.1) is 10.1 Å². The van der Waals surface area contributed by atoms with Crippen LogP contribution in [0.15, 0.2) is 55.1 Å². The average molecular weight is 478 g/mol. The number of hydrogen-bond acceptors (Lipinski definition) is 8. The quantitative estimate of drug-likeness (QED) is 0.262. The number of halogens is 2. The molecule has 0 saturated carbocycles. The molecular weight excluding hydrogens is 466 g/mol. The van der Waals surface area contributed by atoms with Gasteiger partial charge >= 0.3 is 5.69 Å². The van der Waals surface area contributed by atoms with Gasteiger partial charge in [-0.3, -0.25) is 14.8 Å². The molecule has 0 spiro atoms. The lowest BCUT2D eigenvalue weighted by Gasteiger charge is -2.07. The number of benzene rings is 1. The Hall–Kier alpha value is -4.39. The number of alkyl halides is 2. The van der Waals surface area contributed by atoms with Crippen molar-refractivity contribution in [1.82, 2.24) is 34.3 Å². The van der Waals surface area contributed by atoms with E-state index in [1.54, 1.807) is 0 Å². The molecule has 6 aromatic rings. The molecule has 0 bridgehead atoms. The predicted octanol–water partition coefficient (Wildman–Crippen LogP) is 4.64. The molecule has 0 aliphatic heterocycles. The van der Waals surface area contributed by atoms with E-state index >= 15 is 0 Å². The van der Waals surface area contributed by atoms with Crippen molar-refractivity contribution in [2.75, 3.05) is 0 Å². The summed E-state index contributed by atoms with van der Waals surface area (Å²) in [4.78, 5) is 24.1. The maximum absolute atomic E-state index is 13.6. The molecule has 0 radical (unpaired) electrons. The van der Waals surface area contributed by atoms with Gasteiger partial charge in [0.25, 0.3) is 6.43 Å². The highest BCUT2D eigenvalue weighted by Gasteiger charge is 2.21. The zero-order valence-electron chi connectivity index (χ0n) is 17.0. The minimum atomic E-state index is -2.72. The van der Waals surface area contributed by atoms with Crippen molar-refractivity contribution in [2.24, 2.45) is 0 Å². The van der Waals surface area contributed by atoms with Gasteiger partial charge in [-0.2, -0.15) is 5.10 Å². The van der Waals surface area contributed by atoms with Crippen molar-refractivity contribution in [1.29, 1.82) is 0 Å². The Morgan fingerprint density at radius 3 is 2.74 bits per heavy atom. The minimum Gasteiger partial charge on any atom is -0.258 e. The van der Waals surface area contributed by atoms with E-state index in [4.69, 9.17) is 0 Å². The number of nitro groups is 1. The summed E-state index contributed by atoms with van der Waals surface area (Å²) >= 11 is 1.22. The first-order valence-corrected chi connectivity index (χ1v) is 10.8. The van der Waals surface area contributed by atoms with Crippen LogP contribution >= 0.6 is 11.3 Å². The average Bonchev–Trinajstić information content (AvgIpc) is 3.55. The Labute approximate surface area is 192 Å². The van der Waals surface area contributed by atoms with Crippen molar-refractivity contribution in [3.05, 3.63) is 76.8 Å². The second-order valence-corrected chi connectivity index (χ2v) is 8.41. The minimum absolute atomic E-state index is 0.116. The second kappa shape index (κ2) is 7.59. The molecule has 0 unspecified atom stereocenters. The number of thiophene rings is 1. The van der Waals surface area contributed by atoms with E-state index in [1.165, 1.54) is 39.1 Å². The lowest BCUT2D eigenvalue weighted by molar-refractivity contribution is -0.385. The molecular formula is C21H12F2N8O2S. The molecule has 6 rings (SSSR count). The van der Waals surface area contributed by atoms with Crippen LogP contribution in [0.2, 0.25) is 0 Å². The Kier molecular flexibility index (Phi) is 4.52. The third kappa shape index (κ3) is 3.25. The molecule has 0 fully saturated rings. The number of fused-ring (bicyclic) bond motifs is 5. The maximum atomic E-state index is 13.6. The van der Waals surface area contributed by atoms with Crippen LogP contribution in [0.1, 0.15) is 17.9 Å². The van der Waals surface area contributed by atoms with Crippen molar-refractivity contribution >= 4 is 43.1 Å². The highest BCUT2D eigenvalue weighted by Crippen LogP contribution is 2.40. The van der Waals surface area contributed by atoms with Crippen molar-refractivity contribution < 1.29 is 13.7 Å². The number of pyridine rings is 1. The summed E-state index contributed by atoms with van der Waals surface area (Å²) in [6, 6.07) is 10.6. The first-order chi connectivity index (χ1) is 16.5. The van der Waals surface area contributed by atoms with Crippen LogP contribution in [0.5, 0.6) is 0 Å². The van der Waals surface area contributed by atoms with Gasteiger partial charge in [0, 0.05) is 5.39 Å². The van der Waals surface area contributed by atoms with Gasteiger partial charge < -0.3 is 0 Å². The smallest absolute Gasteiger partial charge is 0.258 e. The van der Waals surface area contributed by atoms with Gasteiger partial charge in [-0.05, 0) is 17.2 Å². The Morgan fingerprint density at radius 1 is 1.18 bits per heavy atom. The molecule has 5 aromatic heterocycles. The second-order valence-electron chi connectivity index (χ2n) is 7.42. The van der Waals surface area contributed by atoms with Gasteiger partial charge in [-0.15, -0.1) is 16.4 Å². The third-order valence-corrected chi connectivity index (χ3v) is 6.34. The summed E-state index contributed by atoms with van der Waals surface area (Å²) in [5.74, 6) is 0.370. The summed E-state index contributed by atoms with van der Waals surface area (Å²) in [6.07, 6.45) is 1.23. The van der Waals surface area contributed by atoms with Crippen molar-refractivity contribution in [2.45, 2.75) is 13.0 Å². The molecule has 0 saturated heterocycles. The summed E-state index contributed by atoms with van der Waals surface area (Å²) in [5.41, 5.74) is 2.03. The Morgan fingerprint density at radius 2 is 2.00 bits per heavy atom. The van der Waals surface area contributed by atoms with E-state index in [9.17, 15) is 18.9 Å². The van der Waals surface area contributed by atoms with Gasteiger partial charge in [-0.1, -0.05) is 30.3 Å². The fourth-order valence-corrected chi connectivity index (χ4v) is 4.93. The number of nitrogens with zero attached hydrogens (tertiary/aromatic N) is 8. The molecule has 0 N–H and O–H groups in total. The van der Waals surface area contributed by atoms with E-state index in [2.05, 4.69) is 25.1 Å². The predicted molar refractivity (Wildman–Crippen MR) is 120 cm³/mol. The highest BCUT2D eigenvalue weighted by molar-refractivity contribution is 7.26. The third-order valence-electron chi connectivity index (χ3n) is 5.27. The van der Waals surface area contributed by atoms with Crippen LogP contribution in [0.3, 0.4) is 0 Å². The molecule has 168 valence electrons. The largest absolute Gasteiger partial charge is 0.307 e. The SMILES string of the molecule is O=[N+]([O-])c1cnn(Cc2nc3c4sc5nc(C(F)F)cc(-c6ccccc6)c5c4ncn3n2)c1. The van der Waals surface area contributed by atoms with Crippen molar-refractivity contribution in [3.8, 4) is 11.1 Å². The molecule has 34 heavy (non-hydrogen) atoms. The fraction of sp³-hybridized carbons (Fsp3) is 0.0952. The first kappa shape index (κ1) is 20.2. The normalized spacial score (nSPS) is 11.9. The zero-order valence-corrected chi connectivity index (χ0v) is 17.9. The lowest BCUT2D eigenvalue weighted by Crippen LogP contribution is -2.02. The van der Waals surface area contributed by atoms with Crippen LogP contribution in [-0.4, -0.2) is 39.3 Å². The first-order valence-electron chi connectivity index (χ1n) is 9.96. The maximum Gasteiger partial charge on any atom is 0.307 e. The number of hydrogen-bond donors (Lipinski definition) is 0. The topological polar surface area (TPSA) is 117 Å².